The first-order valence-corrected chi connectivity index (χ1v) is 8.52. The molecule has 0 radical (unpaired) electrons. The van der Waals surface area contributed by atoms with Gasteiger partial charge in [-0.15, -0.1) is 0 Å². The Morgan fingerprint density at radius 3 is 2.27 bits per heavy atom. The highest BCUT2D eigenvalue weighted by molar-refractivity contribution is 5.95. The van der Waals surface area contributed by atoms with Crippen molar-refractivity contribution in [2.75, 3.05) is 33.9 Å². The monoisotopic (exact) mass is 355 g/mol. The van der Waals surface area contributed by atoms with Gasteiger partial charge in [0.1, 0.15) is 18.1 Å². The molecule has 2 rings (SSSR count). The molecule has 0 fully saturated rings. The summed E-state index contributed by atoms with van der Waals surface area (Å²) in [6, 6.07) is 14.5. The number of carbonyl (C=O) groups is 1. The SMILES string of the molecule is CCOc1ccc(/C=N/NC(=O)c2ccc(OCCN(C)C)cc2)cc1. The zero-order valence-electron chi connectivity index (χ0n) is 15.4. The number of ether oxygens (including phenoxy) is 2. The number of rotatable bonds is 9. The minimum absolute atomic E-state index is 0.271. The highest BCUT2D eigenvalue weighted by Gasteiger charge is 2.04. The highest BCUT2D eigenvalue weighted by Crippen LogP contribution is 2.12. The van der Waals surface area contributed by atoms with Gasteiger partial charge in [0.2, 0.25) is 0 Å². The third kappa shape index (κ3) is 6.57. The summed E-state index contributed by atoms with van der Waals surface area (Å²) in [6.45, 7) is 4.00. The summed E-state index contributed by atoms with van der Waals surface area (Å²) in [7, 11) is 3.98. The van der Waals surface area contributed by atoms with Crippen molar-refractivity contribution in [3.05, 3.63) is 59.7 Å². The van der Waals surface area contributed by atoms with Crippen molar-refractivity contribution in [1.29, 1.82) is 0 Å². The first-order valence-electron chi connectivity index (χ1n) is 8.52. The maximum absolute atomic E-state index is 12.1. The largest absolute Gasteiger partial charge is 0.494 e. The molecule has 2 aromatic carbocycles. The lowest BCUT2D eigenvalue weighted by molar-refractivity contribution is 0.0955. The zero-order chi connectivity index (χ0) is 18.8. The van der Waals surface area contributed by atoms with E-state index >= 15 is 0 Å². The topological polar surface area (TPSA) is 63.2 Å². The molecule has 138 valence electrons. The lowest BCUT2D eigenvalue weighted by Crippen LogP contribution is -2.19. The Hall–Kier alpha value is -2.86. The molecule has 0 unspecified atom stereocenters. The molecule has 0 aliphatic heterocycles. The normalized spacial score (nSPS) is 10.9. The fourth-order valence-corrected chi connectivity index (χ4v) is 2.10. The molecule has 6 heteroatoms. The van der Waals surface area contributed by atoms with Crippen LogP contribution in [0.4, 0.5) is 0 Å². The third-order valence-electron chi connectivity index (χ3n) is 3.49. The van der Waals surface area contributed by atoms with Gasteiger partial charge >= 0.3 is 0 Å². The molecule has 2 aromatic rings. The molecule has 1 amide bonds. The molecule has 26 heavy (non-hydrogen) atoms. The minimum atomic E-state index is -0.271. The number of hydrogen-bond acceptors (Lipinski definition) is 5. The molecule has 1 N–H and O–H groups in total. The second-order valence-electron chi connectivity index (χ2n) is 5.88. The molecule has 0 saturated carbocycles. The van der Waals surface area contributed by atoms with Gasteiger partial charge < -0.3 is 14.4 Å². The van der Waals surface area contributed by atoms with Crippen LogP contribution in [0.25, 0.3) is 0 Å². The van der Waals surface area contributed by atoms with E-state index in [4.69, 9.17) is 9.47 Å². The van der Waals surface area contributed by atoms with Crippen LogP contribution in [0.1, 0.15) is 22.8 Å². The van der Waals surface area contributed by atoms with Crippen LogP contribution in [0, 0.1) is 0 Å². The number of hydrazone groups is 1. The minimum Gasteiger partial charge on any atom is -0.494 e. The van der Waals surface area contributed by atoms with Gasteiger partial charge in [0.05, 0.1) is 12.8 Å². The first kappa shape index (κ1) is 19.5. The fraction of sp³-hybridized carbons (Fsp3) is 0.300. The molecule has 6 nitrogen and oxygen atoms in total. The standard InChI is InChI=1S/C20H25N3O3/c1-4-25-18-9-5-16(6-10-18)15-21-22-20(24)17-7-11-19(12-8-17)26-14-13-23(2)3/h5-12,15H,4,13-14H2,1-3H3,(H,22,24)/b21-15+. The second kappa shape index (κ2) is 10.2. The van der Waals surface area contributed by atoms with E-state index in [0.717, 1.165) is 23.6 Å². The molecule has 0 bridgehead atoms. The van der Waals surface area contributed by atoms with Gasteiger partial charge in [-0.25, -0.2) is 5.43 Å². The van der Waals surface area contributed by atoms with Gasteiger partial charge in [-0.3, -0.25) is 4.79 Å². The Labute approximate surface area is 154 Å². The molecule has 0 aromatic heterocycles. The van der Waals surface area contributed by atoms with E-state index in [1.807, 2.05) is 50.2 Å². The Morgan fingerprint density at radius 1 is 1.04 bits per heavy atom. The smallest absolute Gasteiger partial charge is 0.271 e. The quantitative estimate of drug-likeness (QED) is 0.555. The van der Waals surface area contributed by atoms with E-state index < -0.39 is 0 Å². The molecule has 0 spiro atoms. The number of nitrogens with one attached hydrogen (secondary N) is 1. The van der Waals surface area contributed by atoms with E-state index in [2.05, 4.69) is 10.5 Å². The molecule has 0 aliphatic rings. The first-order chi connectivity index (χ1) is 12.6. The maximum atomic E-state index is 12.1. The highest BCUT2D eigenvalue weighted by atomic mass is 16.5. The maximum Gasteiger partial charge on any atom is 0.271 e. The number of hydrogen-bond donors (Lipinski definition) is 1. The predicted octanol–water partition coefficient (Wildman–Crippen LogP) is 2.79. The average Bonchev–Trinajstić information content (AvgIpc) is 2.63. The van der Waals surface area contributed by atoms with Crippen LogP contribution in [-0.2, 0) is 0 Å². The molecule has 0 saturated heterocycles. The van der Waals surface area contributed by atoms with Crippen LogP contribution in [0.15, 0.2) is 53.6 Å². The van der Waals surface area contributed by atoms with Gasteiger partial charge in [-0.1, -0.05) is 0 Å². The van der Waals surface area contributed by atoms with Crippen LogP contribution >= 0.6 is 0 Å². The summed E-state index contributed by atoms with van der Waals surface area (Å²) in [6.07, 6.45) is 1.59. The zero-order valence-corrected chi connectivity index (χ0v) is 15.4. The van der Waals surface area contributed by atoms with Crippen molar-refractivity contribution in [3.63, 3.8) is 0 Å². The van der Waals surface area contributed by atoms with Crippen molar-refractivity contribution in [3.8, 4) is 11.5 Å². The van der Waals surface area contributed by atoms with Crippen LogP contribution in [0.2, 0.25) is 0 Å². The molecular formula is C20H25N3O3. The molecular weight excluding hydrogens is 330 g/mol. The van der Waals surface area contributed by atoms with E-state index in [-0.39, 0.29) is 5.91 Å². The number of amides is 1. The van der Waals surface area contributed by atoms with Gasteiger partial charge in [0, 0.05) is 12.1 Å². The van der Waals surface area contributed by atoms with Crippen molar-refractivity contribution in [1.82, 2.24) is 10.3 Å². The Morgan fingerprint density at radius 2 is 1.65 bits per heavy atom. The van der Waals surface area contributed by atoms with Gasteiger partial charge in [-0.05, 0) is 75.1 Å². The van der Waals surface area contributed by atoms with E-state index in [0.29, 0.717) is 18.8 Å². The van der Waals surface area contributed by atoms with Crippen molar-refractivity contribution < 1.29 is 14.3 Å². The summed E-state index contributed by atoms with van der Waals surface area (Å²) in [5.74, 6) is 1.27. The Bertz CT molecular complexity index is 710. The number of benzene rings is 2. The molecule has 0 atom stereocenters. The third-order valence-corrected chi connectivity index (χ3v) is 3.49. The van der Waals surface area contributed by atoms with Crippen LogP contribution < -0.4 is 14.9 Å². The number of nitrogens with zero attached hydrogens (tertiary/aromatic N) is 2. The molecule has 0 heterocycles. The van der Waals surface area contributed by atoms with Crippen molar-refractivity contribution in [2.45, 2.75) is 6.92 Å². The number of carbonyl (C=O) groups excluding carboxylic acids is 1. The van der Waals surface area contributed by atoms with Gasteiger partial charge in [-0.2, -0.15) is 5.10 Å². The summed E-state index contributed by atoms with van der Waals surface area (Å²) < 4.78 is 11.0. The summed E-state index contributed by atoms with van der Waals surface area (Å²) in [4.78, 5) is 14.1. The van der Waals surface area contributed by atoms with E-state index in [9.17, 15) is 4.79 Å². The fourth-order valence-electron chi connectivity index (χ4n) is 2.10. The predicted molar refractivity (Wildman–Crippen MR) is 103 cm³/mol. The molecule has 0 aliphatic carbocycles. The lowest BCUT2D eigenvalue weighted by Gasteiger charge is -2.11. The Balaban J connectivity index is 1.83. The van der Waals surface area contributed by atoms with Crippen molar-refractivity contribution in [2.24, 2.45) is 5.10 Å². The number of likely N-dealkylation sites (N-methyl/N-ethyl adjacent to an activating group) is 1. The summed E-state index contributed by atoms with van der Waals surface area (Å²) in [5.41, 5.74) is 3.91. The summed E-state index contributed by atoms with van der Waals surface area (Å²) in [5, 5.41) is 3.98. The average molecular weight is 355 g/mol. The van der Waals surface area contributed by atoms with Crippen LogP contribution in [0.5, 0.6) is 11.5 Å². The second-order valence-corrected chi connectivity index (χ2v) is 5.88. The Kier molecular flexibility index (Phi) is 7.64. The van der Waals surface area contributed by atoms with E-state index in [1.165, 1.54) is 0 Å². The summed E-state index contributed by atoms with van der Waals surface area (Å²) >= 11 is 0. The lowest BCUT2D eigenvalue weighted by atomic mass is 10.2. The van der Waals surface area contributed by atoms with Gasteiger partial charge in [0.25, 0.3) is 5.91 Å². The van der Waals surface area contributed by atoms with Crippen molar-refractivity contribution >= 4 is 12.1 Å². The van der Waals surface area contributed by atoms with Crippen LogP contribution in [-0.4, -0.2) is 50.9 Å². The van der Waals surface area contributed by atoms with Crippen LogP contribution in [0.3, 0.4) is 0 Å². The van der Waals surface area contributed by atoms with Gasteiger partial charge in [0.15, 0.2) is 0 Å². The van der Waals surface area contributed by atoms with E-state index in [1.54, 1.807) is 30.5 Å².